The zero-order valence-electron chi connectivity index (χ0n) is 16.9. The predicted molar refractivity (Wildman–Crippen MR) is 113 cm³/mol. The number of aromatic nitrogens is 2. The number of furan rings is 1. The van der Waals surface area contributed by atoms with Crippen LogP contribution in [0.25, 0.3) is 16.7 Å². The van der Waals surface area contributed by atoms with E-state index in [1.807, 2.05) is 31.2 Å². The number of hydrogen-bond donors (Lipinski definition) is 1. The molecule has 0 aliphatic carbocycles. The molecule has 31 heavy (non-hydrogen) atoms. The third-order valence-electron chi connectivity index (χ3n) is 4.82. The van der Waals surface area contributed by atoms with Crippen LogP contribution in [0.4, 0.5) is 5.69 Å². The number of ether oxygens (including phenoxy) is 1. The smallest absolute Gasteiger partial charge is 0.294 e. The number of imidazole rings is 1. The Bertz CT molecular complexity index is 1250. The van der Waals surface area contributed by atoms with Crippen molar-refractivity contribution in [1.82, 2.24) is 14.9 Å². The topological polar surface area (TPSA) is 112 Å². The molecule has 0 saturated carbocycles. The van der Waals surface area contributed by atoms with Crippen molar-refractivity contribution in [3.05, 3.63) is 82.6 Å². The minimum Gasteiger partial charge on any atom is -0.490 e. The summed E-state index contributed by atoms with van der Waals surface area (Å²) in [4.78, 5) is 27.7. The lowest BCUT2D eigenvalue weighted by molar-refractivity contribution is -0.384. The molecule has 0 radical (unpaired) electrons. The van der Waals surface area contributed by atoms with Gasteiger partial charge in [-0.15, -0.1) is 0 Å². The van der Waals surface area contributed by atoms with Crippen molar-refractivity contribution in [3.63, 3.8) is 0 Å². The van der Waals surface area contributed by atoms with E-state index < -0.39 is 16.9 Å². The summed E-state index contributed by atoms with van der Waals surface area (Å²) in [6.07, 6.45) is 4.58. The van der Waals surface area contributed by atoms with Gasteiger partial charge in [0, 0.05) is 29.4 Å². The van der Waals surface area contributed by atoms with Crippen LogP contribution in [0, 0.1) is 10.1 Å². The number of carbonyl (C=O) groups is 1. The van der Waals surface area contributed by atoms with E-state index in [9.17, 15) is 14.9 Å². The fourth-order valence-electron chi connectivity index (χ4n) is 3.32. The van der Waals surface area contributed by atoms with Crippen molar-refractivity contribution < 1.29 is 18.9 Å². The SMILES string of the molecule is CCOc1cccc2cc(C(C)NC(=O)c3ccc(-n4ccnc4)c([N+](=O)[O-])c3)oc12. The number of nitrogens with one attached hydrogen (secondary N) is 1. The number of nitro groups is 1. The molecule has 1 N–H and O–H groups in total. The summed E-state index contributed by atoms with van der Waals surface area (Å²) in [6.45, 7) is 4.18. The summed E-state index contributed by atoms with van der Waals surface area (Å²) in [5.41, 5.74) is 0.922. The van der Waals surface area contributed by atoms with Crippen molar-refractivity contribution in [3.8, 4) is 11.4 Å². The molecule has 0 saturated heterocycles. The van der Waals surface area contributed by atoms with Gasteiger partial charge in [0.15, 0.2) is 11.3 Å². The molecule has 1 unspecified atom stereocenters. The third-order valence-corrected chi connectivity index (χ3v) is 4.82. The van der Waals surface area contributed by atoms with Gasteiger partial charge in [-0.05, 0) is 38.1 Å². The highest BCUT2D eigenvalue weighted by atomic mass is 16.6. The second kappa shape index (κ2) is 8.31. The van der Waals surface area contributed by atoms with E-state index in [1.165, 1.54) is 35.3 Å². The van der Waals surface area contributed by atoms with Crippen LogP contribution < -0.4 is 10.1 Å². The Hall–Kier alpha value is -4.14. The molecule has 0 aliphatic rings. The zero-order chi connectivity index (χ0) is 22.0. The van der Waals surface area contributed by atoms with E-state index in [0.717, 1.165) is 5.39 Å². The van der Waals surface area contributed by atoms with Crippen molar-refractivity contribution >= 4 is 22.6 Å². The molecule has 0 fully saturated rings. The minimum atomic E-state index is -0.524. The van der Waals surface area contributed by atoms with Crippen LogP contribution in [0.3, 0.4) is 0 Å². The first kappa shape index (κ1) is 20.1. The van der Waals surface area contributed by atoms with Crippen LogP contribution in [-0.4, -0.2) is 27.0 Å². The number of rotatable bonds is 7. The Balaban J connectivity index is 1.58. The first-order valence-corrected chi connectivity index (χ1v) is 9.70. The predicted octanol–water partition coefficient (Wildman–Crippen LogP) is 4.42. The van der Waals surface area contributed by atoms with Gasteiger partial charge in [0.2, 0.25) is 0 Å². The lowest BCUT2D eigenvalue weighted by Gasteiger charge is -2.12. The lowest BCUT2D eigenvalue weighted by atomic mass is 10.1. The molecule has 4 rings (SSSR count). The Morgan fingerprint density at radius 2 is 2.16 bits per heavy atom. The minimum absolute atomic E-state index is 0.175. The normalized spacial score (nSPS) is 11.9. The number of para-hydroxylation sites is 1. The number of fused-ring (bicyclic) bond motifs is 1. The molecular formula is C22H20N4O5. The zero-order valence-corrected chi connectivity index (χ0v) is 16.9. The fourth-order valence-corrected chi connectivity index (χ4v) is 3.32. The van der Waals surface area contributed by atoms with E-state index in [0.29, 0.717) is 29.4 Å². The number of nitrogens with zero attached hydrogens (tertiary/aromatic N) is 3. The van der Waals surface area contributed by atoms with Crippen LogP contribution in [0.2, 0.25) is 0 Å². The van der Waals surface area contributed by atoms with Gasteiger partial charge < -0.3 is 19.0 Å². The van der Waals surface area contributed by atoms with Crippen molar-refractivity contribution in [2.75, 3.05) is 6.61 Å². The second-order valence-corrected chi connectivity index (χ2v) is 6.88. The monoisotopic (exact) mass is 420 g/mol. The van der Waals surface area contributed by atoms with Gasteiger partial charge in [-0.25, -0.2) is 4.98 Å². The van der Waals surface area contributed by atoms with Gasteiger partial charge >= 0.3 is 0 Å². The van der Waals surface area contributed by atoms with Crippen LogP contribution >= 0.6 is 0 Å². The highest BCUT2D eigenvalue weighted by molar-refractivity contribution is 5.95. The Morgan fingerprint density at radius 1 is 1.32 bits per heavy atom. The van der Waals surface area contributed by atoms with Crippen molar-refractivity contribution in [2.45, 2.75) is 19.9 Å². The molecule has 0 spiro atoms. The van der Waals surface area contributed by atoms with Crippen LogP contribution in [-0.2, 0) is 0 Å². The van der Waals surface area contributed by atoms with Gasteiger partial charge in [-0.2, -0.15) is 0 Å². The van der Waals surface area contributed by atoms with Crippen LogP contribution in [0.5, 0.6) is 5.75 Å². The summed E-state index contributed by atoms with van der Waals surface area (Å²) in [5, 5.41) is 15.2. The van der Waals surface area contributed by atoms with E-state index in [2.05, 4.69) is 10.3 Å². The number of benzene rings is 2. The average molecular weight is 420 g/mol. The van der Waals surface area contributed by atoms with E-state index in [4.69, 9.17) is 9.15 Å². The molecule has 1 amide bonds. The average Bonchev–Trinajstić information content (AvgIpc) is 3.44. The van der Waals surface area contributed by atoms with Gasteiger partial charge in [0.1, 0.15) is 11.4 Å². The van der Waals surface area contributed by atoms with E-state index >= 15 is 0 Å². The molecule has 4 aromatic rings. The highest BCUT2D eigenvalue weighted by Gasteiger charge is 2.21. The lowest BCUT2D eigenvalue weighted by Crippen LogP contribution is -2.26. The van der Waals surface area contributed by atoms with Crippen LogP contribution in [0.1, 0.15) is 36.0 Å². The van der Waals surface area contributed by atoms with Crippen molar-refractivity contribution in [2.24, 2.45) is 0 Å². The maximum atomic E-state index is 12.8. The molecule has 2 aromatic carbocycles. The van der Waals surface area contributed by atoms with Crippen LogP contribution in [0.15, 0.2) is 65.6 Å². The van der Waals surface area contributed by atoms with Gasteiger partial charge in [0.05, 0.1) is 23.9 Å². The Labute approximate surface area is 177 Å². The number of hydrogen-bond acceptors (Lipinski definition) is 6. The molecule has 0 aliphatic heterocycles. The molecule has 0 bridgehead atoms. The Kier molecular flexibility index (Phi) is 5.40. The molecule has 9 heteroatoms. The standard InChI is InChI=1S/C22H20N4O5/c1-3-30-19-6-4-5-15-12-20(31-21(15)19)14(2)24-22(27)16-7-8-17(18(11-16)26(28)29)25-10-9-23-13-25/h4-14H,3H2,1-2H3,(H,24,27). The molecule has 2 aromatic heterocycles. The molecule has 158 valence electrons. The molecule has 1 atom stereocenters. The molecule has 9 nitrogen and oxygen atoms in total. The van der Waals surface area contributed by atoms with Gasteiger partial charge in [-0.3, -0.25) is 14.9 Å². The van der Waals surface area contributed by atoms with Gasteiger partial charge in [0.25, 0.3) is 11.6 Å². The second-order valence-electron chi connectivity index (χ2n) is 6.88. The summed E-state index contributed by atoms with van der Waals surface area (Å²) in [7, 11) is 0. The number of carbonyl (C=O) groups excluding carboxylic acids is 1. The first-order valence-electron chi connectivity index (χ1n) is 9.70. The molecular weight excluding hydrogens is 400 g/mol. The highest BCUT2D eigenvalue weighted by Crippen LogP contribution is 2.31. The summed E-state index contributed by atoms with van der Waals surface area (Å²) < 4.78 is 13.0. The first-order chi connectivity index (χ1) is 15.0. The summed E-state index contributed by atoms with van der Waals surface area (Å²) in [5.74, 6) is 0.744. The fraction of sp³-hybridized carbons (Fsp3) is 0.182. The molecule has 2 heterocycles. The summed E-state index contributed by atoms with van der Waals surface area (Å²) in [6, 6.07) is 11.3. The maximum absolute atomic E-state index is 12.8. The Morgan fingerprint density at radius 3 is 2.87 bits per heavy atom. The summed E-state index contributed by atoms with van der Waals surface area (Å²) >= 11 is 0. The number of amides is 1. The maximum Gasteiger partial charge on any atom is 0.294 e. The third kappa shape index (κ3) is 3.97. The number of nitro benzene ring substituents is 1. The largest absolute Gasteiger partial charge is 0.490 e. The quantitative estimate of drug-likeness (QED) is 0.350. The van der Waals surface area contributed by atoms with Gasteiger partial charge in [-0.1, -0.05) is 12.1 Å². The van der Waals surface area contributed by atoms with E-state index in [-0.39, 0.29) is 11.3 Å². The van der Waals surface area contributed by atoms with Crippen molar-refractivity contribution in [1.29, 1.82) is 0 Å². The van der Waals surface area contributed by atoms with E-state index in [1.54, 1.807) is 13.1 Å².